The number of likely N-dealkylation sites (N-methyl/N-ethyl adjacent to an activating group) is 1. The second kappa shape index (κ2) is 11.8. The predicted molar refractivity (Wildman–Crippen MR) is 130 cm³/mol. The average Bonchev–Trinajstić information content (AvgIpc) is 3.33. The Labute approximate surface area is 209 Å². The Morgan fingerprint density at radius 2 is 2.06 bits per heavy atom. The van der Waals surface area contributed by atoms with Crippen LogP contribution in [0.4, 0.5) is 10.5 Å². The summed E-state index contributed by atoms with van der Waals surface area (Å²) >= 11 is 0. The normalized spacial score (nSPS) is 18.5. The number of amides is 4. The van der Waals surface area contributed by atoms with Gasteiger partial charge in [0.1, 0.15) is 24.7 Å². The number of nitrogens with one attached hydrogen (secondary N) is 2. The van der Waals surface area contributed by atoms with Crippen molar-refractivity contribution < 1.29 is 24.2 Å². The summed E-state index contributed by atoms with van der Waals surface area (Å²) < 4.78 is 7.55. The van der Waals surface area contributed by atoms with Crippen LogP contribution in [0.25, 0.3) is 0 Å². The van der Waals surface area contributed by atoms with E-state index in [-0.39, 0.29) is 48.5 Å². The van der Waals surface area contributed by atoms with E-state index in [2.05, 4.69) is 26.2 Å². The minimum absolute atomic E-state index is 0.00989. The van der Waals surface area contributed by atoms with Gasteiger partial charge in [-0.2, -0.15) is 0 Å². The zero-order chi connectivity index (χ0) is 26.4. The molecule has 1 aliphatic heterocycles. The number of carbonyl (C=O) groups is 3. The largest absolute Gasteiger partial charge is 0.487 e. The Balaban J connectivity index is 1.87. The van der Waals surface area contributed by atoms with E-state index in [0.717, 1.165) is 0 Å². The first-order valence-corrected chi connectivity index (χ1v) is 11.8. The number of rotatable bonds is 8. The summed E-state index contributed by atoms with van der Waals surface area (Å²) in [5, 5.41) is 26.1. The number of anilines is 1. The molecule has 0 spiro atoms. The molecule has 1 aromatic heterocycles. The summed E-state index contributed by atoms with van der Waals surface area (Å²) in [6.07, 6.45) is 0.902. The number of aliphatic hydroxyl groups is 1. The first-order valence-electron chi connectivity index (χ1n) is 11.8. The quantitative estimate of drug-likeness (QED) is 0.474. The second-order valence-corrected chi connectivity index (χ2v) is 9.37. The van der Waals surface area contributed by atoms with Gasteiger partial charge < -0.3 is 30.3 Å². The van der Waals surface area contributed by atoms with E-state index >= 15 is 0 Å². The average molecular weight is 503 g/mol. The van der Waals surface area contributed by atoms with Crippen molar-refractivity contribution in [2.24, 2.45) is 5.92 Å². The van der Waals surface area contributed by atoms with E-state index in [0.29, 0.717) is 24.5 Å². The Hall–Kier alpha value is -3.74. The fourth-order valence-electron chi connectivity index (χ4n) is 3.83. The monoisotopic (exact) mass is 502 g/mol. The summed E-state index contributed by atoms with van der Waals surface area (Å²) in [5.41, 5.74) is 0.653. The van der Waals surface area contributed by atoms with Gasteiger partial charge in [-0.25, -0.2) is 9.48 Å². The van der Waals surface area contributed by atoms with Gasteiger partial charge in [-0.1, -0.05) is 6.92 Å². The molecule has 3 N–H and O–H groups in total. The number of tetrazole rings is 1. The number of urea groups is 1. The van der Waals surface area contributed by atoms with Gasteiger partial charge in [0.05, 0.1) is 24.8 Å². The summed E-state index contributed by atoms with van der Waals surface area (Å²) in [6.45, 7) is 7.79. The minimum atomic E-state index is -0.438. The lowest BCUT2D eigenvalue weighted by molar-refractivity contribution is -0.116. The van der Waals surface area contributed by atoms with Gasteiger partial charge in [-0.15, -0.1) is 5.10 Å². The maximum atomic E-state index is 13.5. The van der Waals surface area contributed by atoms with Crippen LogP contribution in [0.1, 0.15) is 38.1 Å². The van der Waals surface area contributed by atoms with Crippen LogP contribution in [-0.2, 0) is 11.3 Å². The fourth-order valence-corrected chi connectivity index (χ4v) is 3.83. The molecule has 0 fully saturated rings. The summed E-state index contributed by atoms with van der Waals surface area (Å²) in [6, 6.07) is 4.15. The highest BCUT2D eigenvalue weighted by Gasteiger charge is 2.34. The van der Waals surface area contributed by atoms with Crippen molar-refractivity contribution in [2.75, 3.05) is 32.1 Å². The number of benzene rings is 1. The van der Waals surface area contributed by atoms with Gasteiger partial charge in [0, 0.05) is 31.2 Å². The van der Waals surface area contributed by atoms with E-state index in [1.807, 2.05) is 20.8 Å². The highest BCUT2D eigenvalue weighted by atomic mass is 16.5. The van der Waals surface area contributed by atoms with E-state index in [1.165, 1.54) is 11.0 Å². The van der Waals surface area contributed by atoms with E-state index in [9.17, 15) is 19.5 Å². The molecule has 0 saturated heterocycles. The molecule has 0 bridgehead atoms. The van der Waals surface area contributed by atoms with Gasteiger partial charge in [-0.3, -0.25) is 9.59 Å². The van der Waals surface area contributed by atoms with Crippen LogP contribution in [0.3, 0.4) is 0 Å². The molecule has 2 heterocycles. The molecule has 13 heteroatoms. The van der Waals surface area contributed by atoms with Gasteiger partial charge in [0.25, 0.3) is 5.91 Å². The Kier molecular flexibility index (Phi) is 8.80. The molecule has 0 radical (unpaired) electrons. The van der Waals surface area contributed by atoms with Crippen LogP contribution in [0.15, 0.2) is 24.5 Å². The lowest BCUT2D eigenvalue weighted by atomic mass is 9.99. The molecule has 0 saturated carbocycles. The van der Waals surface area contributed by atoms with E-state index < -0.39 is 12.1 Å². The van der Waals surface area contributed by atoms with Crippen molar-refractivity contribution in [3.8, 4) is 5.75 Å². The van der Waals surface area contributed by atoms with Gasteiger partial charge in [-0.05, 0) is 49.4 Å². The summed E-state index contributed by atoms with van der Waals surface area (Å²) in [5.74, 6) is -0.491. The number of hydrogen-bond acceptors (Lipinski definition) is 8. The third-order valence-corrected chi connectivity index (χ3v) is 5.86. The highest BCUT2D eigenvalue weighted by molar-refractivity contribution is 5.99. The minimum Gasteiger partial charge on any atom is -0.487 e. The SMILES string of the molecule is CC(C)NC(=O)N(C)C[C@@H]1Oc2ccc(NC(=O)Cn3cnnn3)cc2C(=O)N([C@H](C)CO)C[C@@H]1C. The first-order chi connectivity index (χ1) is 17.1. The number of carbonyl (C=O) groups excluding carboxylic acids is 3. The standard InChI is InChI=1S/C23H34N8O5/c1-14(2)25-23(35)29(5)10-20-15(3)9-31(16(4)12-32)22(34)18-8-17(6-7-19(18)36-20)26-21(33)11-30-13-24-27-28-30/h6-8,13-16,20,32H,9-12H2,1-5H3,(H,25,35)(H,26,33)/t15-,16+,20-/m0/s1. The molecule has 0 aliphatic carbocycles. The van der Waals surface area contributed by atoms with Crippen LogP contribution in [0, 0.1) is 5.92 Å². The lowest BCUT2D eigenvalue weighted by Gasteiger charge is -2.38. The molecule has 3 atom stereocenters. The van der Waals surface area contributed by atoms with Crippen molar-refractivity contribution in [1.29, 1.82) is 0 Å². The molecule has 1 aliphatic rings. The maximum absolute atomic E-state index is 13.5. The van der Waals surface area contributed by atoms with E-state index in [1.54, 1.807) is 42.0 Å². The van der Waals surface area contributed by atoms with Gasteiger partial charge in [0.2, 0.25) is 5.91 Å². The molecule has 1 aromatic carbocycles. The predicted octanol–water partition coefficient (Wildman–Crippen LogP) is 0.582. The third-order valence-electron chi connectivity index (χ3n) is 5.86. The van der Waals surface area contributed by atoms with Crippen LogP contribution < -0.4 is 15.4 Å². The molecule has 36 heavy (non-hydrogen) atoms. The number of nitrogens with zero attached hydrogens (tertiary/aromatic N) is 6. The number of fused-ring (bicyclic) bond motifs is 1. The summed E-state index contributed by atoms with van der Waals surface area (Å²) in [4.78, 5) is 41.5. The Bertz CT molecular complexity index is 1060. The maximum Gasteiger partial charge on any atom is 0.317 e. The molecule has 4 amide bonds. The number of aliphatic hydroxyl groups excluding tert-OH is 1. The molecule has 196 valence electrons. The molecule has 13 nitrogen and oxygen atoms in total. The zero-order valence-corrected chi connectivity index (χ0v) is 21.2. The van der Waals surface area contributed by atoms with Crippen molar-refractivity contribution in [3.63, 3.8) is 0 Å². The summed E-state index contributed by atoms with van der Waals surface area (Å²) in [7, 11) is 1.69. The smallest absolute Gasteiger partial charge is 0.317 e. The van der Waals surface area contributed by atoms with Crippen molar-refractivity contribution in [1.82, 2.24) is 35.3 Å². The molecular weight excluding hydrogens is 468 g/mol. The number of aromatic nitrogens is 4. The van der Waals surface area contributed by atoms with Crippen LogP contribution in [-0.4, -0.2) is 97.9 Å². The zero-order valence-electron chi connectivity index (χ0n) is 21.2. The third kappa shape index (κ3) is 6.68. The molecule has 3 rings (SSSR count). The fraction of sp³-hybridized carbons (Fsp3) is 0.565. The van der Waals surface area contributed by atoms with Crippen molar-refractivity contribution >= 4 is 23.5 Å². The number of ether oxygens (including phenoxy) is 1. The number of hydrogen-bond donors (Lipinski definition) is 3. The highest BCUT2D eigenvalue weighted by Crippen LogP contribution is 2.30. The van der Waals surface area contributed by atoms with Gasteiger partial charge in [0.15, 0.2) is 0 Å². The van der Waals surface area contributed by atoms with Gasteiger partial charge >= 0.3 is 6.03 Å². The first kappa shape index (κ1) is 26.9. The van der Waals surface area contributed by atoms with Crippen LogP contribution >= 0.6 is 0 Å². The van der Waals surface area contributed by atoms with E-state index in [4.69, 9.17) is 4.74 Å². The van der Waals surface area contributed by atoms with Crippen LogP contribution in [0.5, 0.6) is 5.75 Å². The lowest BCUT2D eigenvalue weighted by Crippen LogP contribution is -2.51. The second-order valence-electron chi connectivity index (χ2n) is 9.37. The van der Waals surface area contributed by atoms with Crippen molar-refractivity contribution in [2.45, 2.75) is 52.4 Å². The van der Waals surface area contributed by atoms with Crippen molar-refractivity contribution in [3.05, 3.63) is 30.1 Å². The Morgan fingerprint density at radius 3 is 2.69 bits per heavy atom. The topological polar surface area (TPSA) is 155 Å². The van der Waals surface area contributed by atoms with Crippen LogP contribution in [0.2, 0.25) is 0 Å². The Morgan fingerprint density at radius 1 is 1.31 bits per heavy atom. The molecular formula is C23H34N8O5. The molecule has 2 aromatic rings. The molecule has 0 unspecified atom stereocenters.